The molecule has 3 heteroatoms. The van der Waals surface area contributed by atoms with Gasteiger partial charge in [0.2, 0.25) is 0 Å². The van der Waals surface area contributed by atoms with E-state index in [0.717, 1.165) is 11.5 Å². The van der Waals surface area contributed by atoms with Crippen molar-refractivity contribution in [3.8, 4) is 0 Å². The quantitative estimate of drug-likeness (QED) is 0.706. The topological polar surface area (TPSA) is 52.0 Å². The van der Waals surface area contributed by atoms with Gasteiger partial charge in [-0.15, -0.1) is 0 Å². The van der Waals surface area contributed by atoms with Gasteiger partial charge in [-0.25, -0.2) is 4.98 Å². The van der Waals surface area contributed by atoms with Crippen LogP contribution in [0.3, 0.4) is 0 Å². The van der Waals surface area contributed by atoms with Crippen LogP contribution in [0.2, 0.25) is 0 Å². The van der Waals surface area contributed by atoms with E-state index in [2.05, 4.69) is 18.8 Å². The standard InChI is InChI=1S/C8H14N2O/c1-5(2)7-8(6(3)9)11-4-10-7/h4-6H,9H2,1-3H3/t6-/m0/s1. The minimum Gasteiger partial charge on any atom is -0.447 e. The second kappa shape index (κ2) is 3.05. The fourth-order valence-electron chi connectivity index (χ4n) is 1.04. The van der Waals surface area contributed by atoms with E-state index in [1.54, 1.807) is 0 Å². The zero-order chi connectivity index (χ0) is 8.43. The summed E-state index contributed by atoms with van der Waals surface area (Å²) in [7, 11) is 0. The molecule has 0 spiro atoms. The maximum atomic E-state index is 5.66. The molecule has 0 unspecified atom stereocenters. The van der Waals surface area contributed by atoms with E-state index in [1.165, 1.54) is 6.39 Å². The van der Waals surface area contributed by atoms with Crippen molar-refractivity contribution in [2.24, 2.45) is 5.73 Å². The molecule has 0 saturated carbocycles. The summed E-state index contributed by atoms with van der Waals surface area (Å²) < 4.78 is 5.15. The van der Waals surface area contributed by atoms with Gasteiger partial charge >= 0.3 is 0 Å². The smallest absolute Gasteiger partial charge is 0.181 e. The monoisotopic (exact) mass is 154 g/mol. The van der Waals surface area contributed by atoms with Crippen molar-refractivity contribution in [3.05, 3.63) is 17.8 Å². The molecule has 2 N–H and O–H groups in total. The summed E-state index contributed by atoms with van der Waals surface area (Å²) in [5.74, 6) is 1.19. The summed E-state index contributed by atoms with van der Waals surface area (Å²) in [4.78, 5) is 4.09. The van der Waals surface area contributed by atoms with Crippen LogP contribution in [0.1, 0.15) is 44.2 Å². The Morgan fingerprint density at radius 1 is 1.45 bits per heavy atom. The van der Waals surface area contributed by atoms with Crippen LogP contribution >= 0.6 is 0 Å². The molecule has 0 amide bonds. The molecule has 1 heterocycles. The van der Waals surface area contributed by atoms with Gasteiger partial charge < -0.3 is 10.2 Å². The zero-order valence-corrected chi connectivity index (χ0v) is 7.16. The summed E-state index contributed by atoms with van der Waals surface area (Å²) in [6, 6.07) is -0.0603. The summed E-state index contributed by atoms with van der Waals surface area (Å²) in [6.07, 6.45) is 1.45. The molecule has 0 aliphatic heterocycles. The van der Waals surface area contributed by atoms with E-state index in [9.17, 15) is 0 Å². The average molecular weight is 154 g/mol. The van der Waals surface area contributed by atoms with Crippen LogP contribution in [0, 0.1) is 0 Å². The molecule has 1 aromatic rings. The Hall–Kier alpha value is -0.830. The highest BCUT2D eigenvalue weighted by atomic mass is 16.3. The molecule has 0 aromatic carbocycles. The van der Waals surface area contributed by atoms with E-state index in [-0.39, 0.29) is 6.04 Å². The molecular weight excluding hydrogens is 140 g/mol. The lowest BCUT2D eigenvalue weighted by Gasteiger charge is -2.05. The van der Waals surface area contributed by atoms with Crippen LogP contribution in [0.15, 0.2) is 10.8 Å². The highest BCUT2D eigenvalue weighted by molar-refractivity contribution is 5.14. The average Bonchev–Trinajstić information content (AvgIpc) is 2.32. The van der Waals surface area contributed by atoms with Crippen LogP contribution < -0.4 is 5.73 Å². The molecule has 0 radical (unpaired) electrons. The SMILES string of the molecule is CC(C)c1ncoc1[C@H](C)N. The van der Waals surface area contributed by atoms with Crippen LogP contribution in [0.25, 0.3) is 0 Å². The molecule has 0 saturated heterocycles. The van der Waals surface area contributed by atoms with Gasteiger partial charge in [-0.1, -0.05) is 13.8 Å². The van der Waals surface area contributed by atoms with Crippen LogP contribution in [0.5, 0.6) is 0 Å². The van der Waals surface area contributed by atoms with E-state index < -0.39 is 0 Å². The molecule has 3 nitrogen and oxygen atoms in total. The molecule has 1 atom stereocenters. The highest BCUT2D eigenvalue weighted by Gasteiger charge is 2.14. The minimum absolute atomic E-state index is 0.0603. The Labute approximate surface area is 66.6 Å². The third kappa shape index (κ3) is 1.60. The summed E-state index contributed by atoms with van der Waals surface area (Å²) in [5.41, 5.74) is 6.64. The molecule has 1 rings (SSSR count). The van der Waals surface area contributed by atoms with Crippen LogP contribution in [0.4, 0.5) is 0 Å². The van der Waals surface area contributed by atoms with Crippen molar-refractivity contribution in [1.29, 1.82) is 0 Å². The zero-order valence-electron chi connectivity index (χ0n) is 7.16. The van der Waals surface area contributed by atoms with Gasteiger partial charge in [0.15, 0.2) is 6.39 Å². The van der Waals surface area contributed by atoms with Crippen molar-refractivity contribution in [2.45, 2.75) is 32.7 Å². The van der Waals surface area contributed by atoms with Gasteiger partial charge in [-0.2, -0.15) is 0 Å². The minimum atomic E-state index is -0.0603. The number of aromatic nitrogens is 1. The second-order valence-electron chi connectivity index (χ2n) is 3.05. The van der Waals surface area contributed by atoms with E-state index in [4.69, 9.17) is 10.2 Å². The Morgan fingerprint density at radius 2 is 2.09 bits per heavy atom. The summed E-state index contributed by atoms with van der Waals surface area (Å²) in [6.45, 7) is 6.04. The predicted octanol–water partition coefficient (Wildman–Crippen LogP) is 1.82. The third-order valence-corrected chi connectivity index (χ3v) is 1.58. The Morgan fingerprint density at radius 3 is 2.45 bits per heavy atom. The van der Waals surface area contributed by atoms with Gasteiger partial charge in [0, 0.05) is 0 Å². The van der Waals surface area contributed by atoms with Crippen LogP contribution in [-0.2, 0) is 0 Å². The molecular formula is C8H14N2O. The van der Waals surface area contributed by atoms with Gasteiger partial charge in [-0.05, 0) is 12.8 Å². The van der Waals surface area contributed by atoms with Gasteiger partial charge in [0.1, 0.15) is 5.76 Å². The van der Waals surface area contributed by atoms with Gasteiger partial charge in [0.25, 0.3) is 0 Å². The molecule has 11 heavy (non-hydrogen) atoms. The highest BCUT2D eigenvalue weighted by Crippen LogP contribution is 2.21. The van der Waals surface area contributed by atoms with Crippen molar-refractivity contribution in [2.75, 3.05) is 0 Å². The lowest BCUT2D eigenvalue weighted by molar-refractivity contribution is 0.470. The number of oxazole rings is 1. The number of rotatable bonds is 2. The number of hydrogen-bond donors (Lipinski definition) is 1. The maximum Gasteiger partial charge on any atom is 0.181 e. The van der Waals surface area contributed by atoms with Crippen molar-refractivity contribution in [1.82, 2.24) is 4.98 Å². The fourth-order valence-corrected chi connectivity index (χ4v) is 1.04. The first-order chi connectivity index (χ1) is 5.13. The van der Waals surface area contributed by atoms with E-state index in [0.29, 0.717) is 5.92 Å². The summed E-state index contributed by atoms with van der Waals surface area (Å²) >= 11 is 0. The first-order valence-corrected chi connectivity index (χ1v) is 3.81. The lowest BCUT2D eigenvalue weighted by atomic mass is 10.1. The largest absolute Gasteiger partial charge is 0.447 e. The Balaban J connectivity index is 2.96. The number of hydrogen-bond acceptors (Lipinski definition) is 3. The third-order valence-electron chi connectivity index (χ3n) is 1.58. The number of nitrogens with two attached hydrogens (primary N) is 1. The molecule has 1 aromatic heterocycles. The fraction of sp³-hybridized carbons (Fsp3) is 0.625. The van der Waals surface area contributed by atoms with Crippen molar-refractivity contribution >= 4 is 0 Å². The van der Waals surface area contributed by atoms with Crippen LogP contribution in [-0.4, -0.2) is 4.98 Å². The molecule has 0 aliphatic carbocycles. The summed E-state index contributed by atoms with van der Waals surface area (Å²) in [5, 5.41) is 0. The van der Waals surface area contributed by atoms with E-state index >= 15 is 0 Å². The second-order valence-corrected chi connectivity index (χ2v) is 3.05. The molecule has 0 bridgehead atoms. The first kappa shape index (κ1) is 8.27. The Kier molecular flexibility index (Phi) is 2.29. The molecule has 0 aliphatic rings. The lowest BCUT2D eigenvalue weighted by Crippen LogP contribution is -2.07. The van der Waals surface area contributed by atoms with E-state index in [1.807, 2.05) is 6.92 Å². The normalized spacial score (nSPS) is 13.9. The van der Waals surface area contributed by atoms with Crippen molar-refractivity contribution < 1.29 is 4.42 Å². The first-order valence-electron chi connectivity index (χ1n) is 3.81. The number of nitrogens with zero attached hydrogens (tertiary/aromatic N) is 1. The molecule has 62 valence electrons. The van der Waals surface area contributed by atoms with Gasteiger partial charge in [0.05, 0.1) is 11.7 Å². The Bertz CT molecular complexity index is 205. The predicted molar refractivity (Wildman–Crippen MR) is 43.2 cm³/mol. The maximum absolute atomic E-state index is 5.66. The van der Waals surface area contributed by atoms with Crippen molar-refractivity contribution in [3.63, 3.8) is 0 Å². The van der Waals surface area contributed by atoms with Gasteiger partial charge in [-0.3, -0.25) is 0 Å². The molecule has 0 fully saturated rings.